The molecule has 1 fully saturated rings. The minimum absolute atomic E-state index is 0.203. The second kappa shape index (κ2) is 47.3. The van der Waals surface area contributed by atoms with Crippen molar-refractivity contribution >= 4 is 5.91 Å². The van der Waals surface area contributed by atoms with Crippen LogP contribution in [0.15, 0.2) is 122 Å². The molecule has 0 radical (unpaired) electrons. The van der Waals surface area contributed by atoms with Crippen molar-refractivity contribution in [3.63, 3.8) is 0 Å². The molecule has 1 amide bonds. The Labute approximate surface area is 414 Å². The number of aliphatic hydroxyl groups is 5. The maximum Gasteiger partial charge on any atom is 0.220 e. The van der Waals surface area contributed by atoms with Crippen LogP contribution in [0.25, 0.3) is 0 Å². The lowest BCUT2D eigenvalue weighted by Gasteiger charge is -2.40. The Balaban J connectivity index is 2.24. The average Bonchev–Trinajstić information content (AvgIpc) is 3.34. The van der Waals surface area contributed by atoms with Crippen molar-refractivity contribution in [2.45, 2.75) is 230 Å². The predicted octanol–water partition coefficient (Wildman–Crippen LogP) is 12.8. The fourth-order valence-corrected chi connectivity index (χ4v) is 7.56. The molecule has 0 aromatic heterocycles. The Morgan fingerprint density at radius 1 is 0.515 bits per heavy atom. The van der Waals surface area contributed by atoms with Crippen LogP contribution < -0.4 is 5.32 Å². The van der Waals surface area contributed by atoms with Gasteiger partial charge in [-0.3, -0.25) is 4.79 Å². The molecule has 9 nitrogen and oxygen atoms in total. The number of hydrogen-bond donors (Lipinski definition) is 6. The fourth-order valence-electron chi connectivity index (χ4n) is 7.56. The van der Waals surface area contributed by atoms with Gasteiger partial charge in [-0.15, -0.1) is 0 Å². The lowest BCUT2D eigenvalue weighted by atomic mass is 9.99. The van der Waals surface area contributed by atoms with E-state index in [1.807, 2.05) is 6.08 Å². The van der Waals surface area contributed by atoms with Crippen LogP contribution in [0.2, 0.25) is 0 Å². The van der Waals surface area contributed by atoms with Crippen molar-refractivity contribution in [3.8, 4) is 0 Å². The first-order chi connectivity index (χ1) is 33.3. The summed E-state index contributed by atoms with van der Waals surface area (Å²) in [7, 11) is 0. The minimum Gasteiger partial charge on any atom is -0.394 e. The molecule has 1 heterocycles. The van der Waals surface area contributed by atoms with E-state index in [2.05, 4.69) is 129 Å². The molecule has 7 atom stereocenters. The van der Waals surface area contributed by atoms with E-state index in [0.717, 1.165) is 116 Å². The van der Waals surface area contributed by atoms with Gasteiger partial charge in [-0.05, 0) is 89.9 Å². The molecular weight excluding hydrogens is 851 g/mol. The standard InChI is InChI=1S/C59H97NO8/c1-3-5-7-9-11-13-15-17-18-19-20-21-22-23-24-25-26-27-28-29-30-31-32-33-34-35-36-37-39-41-43-45-47-49-55(63)60-52(51-67-59-58(66)57(65)56(64)54(50-61)68-59)53(62)48-46-44-42-40-38-16-14-12-10-8-6-4-2/h5,7,11,13,17-18,20-21,23-24,26-27,29-30,32-33,35-36,46,48,52-54,56-59,61-62,64-66H,3-4,6,8-10,12,14-16,19,22,25,28,31,34,37-45,47,49-51H2,1-2H3,(H,60,63)/b7-5-,13-11-,18-17-,21-20-,24-23-,27-26-,30-29-,33-32-,36-35-,48-46+. The maximum atomic E-state index is 13.0. The SMILES string of the molecule is CC/C=C\C/C=C\C/C=C\C/C=C\C/C=C\C/C=C\C/C=C\C/C=C\C/C=C\CCCCCCCC(=O)NC(COC1OC(CO)C(O)C(O)C1O)C(O)/C=C/CCCCCCCCCCCC. The normalized spacial score (nSPS) is 20.6. The molecule has 0 bridgehead atoms. The molecule has 1 rings (SSSR count). The maximum absolute atomic E-state index is 13.0. The van der Waals surface area contributed by atoms with E-state index in [1.165, 1.54) is 51.4 Å². The summed E-state index contributed by atoms with van der Waals surface area (Å²) in [6.45, 7) is 3.62. The van der Waals surface area contributed by atoms with Crippen molar-refractivity contribution in [2.75, 3.05) is 13.2 Å². The summed E-state index contributed by atoms with van der Waals surface area (Å²) < 4.78 is 11.2. The number of allylic oxidation sites excluding steroid dienone is 19. The molecule has 0 aromatic rings. The summed E-state index contributed by atoms with van der Waals surface area (Å²) in [5, 5.41) is 54.3. The summed E-state index contributed by atoms with van der Waals surface area (Å²) in [5.41, 5.74) is 0. The van der Waals surface area contributed by atoms with Gasteiger partial charge < -0.3 is 40.3 Å². The van der Waals surface area contributed by atoms with E-state index >= 15 is 0 Å². The molecule has 6 N–H and O–H groups in total. The molecule has 1 aliphatic heterocycles. The third-order valence-corrected chi connectivity index (χ3v) is 11.8. The second-order valence-electron chi connectivity index (χ2n) is 17.9. The van der Waals surface area contributed by atoms with E-state index in [-0.39, 0.29) is 12.5 Å². The number of carbonyl (C=O) groups excluding carboxylic acids is 1. The Morgan fingerprint density at radius 3 is 1.35 bits per heavy atom. The molecule has 0 aliphatic carbocycles. The first-order valence-corrected chi connectivity index (χ1v) is 26.8. The van der Waals surface area contributed by atoms with Crippen LogP contribution in [0.4, 0.5) is 0 Å². The number of hydrogen-bond acceptors (Lipinski definition) is 8. The van der Waals surface area contributed by atoms with Crippen LogP contribution >= 0.6 is 0 Å². The van der Waals surface area contributed by atoms with Gasteiger partial charge in [0.05, 0.1) is 25.4 Å². The lowest BCUT2D eigenvalue weighted by molar-refractivity contribution is -0.302. The number of nitrogens with one attached hydrogen (secondary N) is 1. The summed E-state index contributed by atoms with van der Waals surface area (Å²) >= 11 is 0. The van der Waals surface area contributed by atoms with E-state index in [1.54, 1.807) is 6.08 Å². The van der Waals surface area contributed by atoms with E-state index < -0.39 is 49.5 Å². The summed E-state index contributed by atoms with van der Waals surface area (Å²) in [6.07, 6.45) is 63.9. The largest absolute Gasteiger partial charge is 0.394 e. The molecule has 7 unspecified atom stereocenters. The van der Waals surface area contributed by atoms with E-state index in [4.69, 9.17) is 9.47 Å². The molecule has 0 spiro atoms. The second-order valence-corrected chi connectivity index (χ2v) is 17.9. The van der Waals surface area contributed by atoms with Crippen molar-refractivity contribution in [1.82, 2.24) is 5.32 Å². The minimum atomic E-state index is -1.58. The third kappa shape index (κ3) is 36.6. The fraction of sp³-hybridized carbons (Fsp3) is 0.644. The Morgan fingerprint density at radius 2 is 0.912 bits per heavy atom. The van der Waals surface area contributed by atoms with Gasteiger partial charge in [0.1, 0.15) is 24.4 Å². The van der Waals surface area contributed by atoms with Crippen LogP contribution in [0.5, 0.6) is 0 Å². The third-order valence-electron chi connectivity index (χ3n) is 11.8. The highest BCUT2D eigenvalue weighted by Gasteiger charge is 2.44. The van der Waals surface area contributed by atoms with Gasteiger partial charge in [-0.1, -0.05) is 212 Å². The number of unbranched alkanes of at least 4 members (excludes halogenated alkanes) is 15. The number of aliphatic hydroxyl groups excluding tert-OH is 5. The van der Waals surface area contributed by atoms with Crippen LogP contribution in [0.3, 0.4) is 0 Å². The van der Waals surface area contributed by atoms with Crippen LogP contribution in [0, 0.1) is 0 Å². The van der Waals surface area contributed by atoms with Crippen molar-refractivity contribution < 1.29 is 39.8 Å². The highest BCUT2D eigenvalue weighted by molar-refractivity contribution is 5.76. The highest BCUT2D eigenvalue weighted by atomic mass is 16.7. The molecular formula is C59H97NO8. The highest BCUT2D eigenvalue weighted by Crippen LogP contribution is 2.22. The molecule has 0 aromatic carbocycles. The monoisotopic (exact) mass is 948 g/mol. The van der Waals surface area contributed by atoms with Crippen molar-refractivity contribution in [2.24, 2.45) is 0 Å². The Bertz CT molecular complexity index is 1470. The first-order valence-electron chi connectivity index (χ1n) is 26.8. The zero-order valence-corrected chi connectivity index (χ0v) is 42.6. The zero-order valence-electron chi connectivity index (χ0n) is 42.6. The van der Waals surface area contributed by atoms with Gasteiger partial charge in [-0.2, -0.15) is 0 Å². The van der Waals surface area contributed by atoms with Crippen molar-refractivity contribution in [3.05, 3.63) is 122 Å². The number of amides is 1. The van der Waals surface area contributed by atoms with Gasteiger partial charge in [-0.25, -0.2) is 0 Å². The predicted molar refractivity (Wildman–Crippen MR) is 285 cm³/mol. The van der Waals surface area contributed by atoms with Crippen LogP contribution in [-0.4, -0.2) is 87.5 Å². The Hall–Kier alpha value is -3.41. The summed E-state index contributed by atoms with van der Waals surface area (Å²) in [4.78, 5) is 13.0. The van der Waals surface area contributed by atoms with Gasteiger partial charge in [0.25, 0.3) is 0 Å². The molecule has 0 saturated carbocycles. The van der Waals surface area contributed by atoms with Gasteiger partial charge in [0.2, 0.25) is 5.91 Å². The molecule has 9 heteroatoms. The zero-order chi connectivity index (χ0) is 49.4. The first kappa shape index (κ1) is 62.6. The van der Waals surface area contributed by atoms with E-state index in [0.29, 0.717) is 6.42 Å². The van der Waals surface area contributed by atoms with Gasteiger partial charge >= 0.3 is 0 Å². The van der Waals surface area contributed by atoms with Gasteiger partial charge in [0.15, 0.2) is 6.29 Å². The lowest BCUT2D eigenvalue weighted by Crippen LogP contribution is -2.60. The number of ether oxygens (including phenoxy) is 2. The molecule has 1 aliphatic rings. The topological polar surface area (TPSA) is 149 Å². The summed E-state index contributed by atoms with van der Waals surface area (Å²) in [5.74, 6) is -0.203. The smallest absolute Gasteiger partial charge is 0.220 e. The number of carbonyl (C=O) groups is 1. The number of rotatable bonds is 43. The van der Waals surface area contributed by atoms with Crippen LogP contribution in [-0.2, 0) is 14.3 Å². The molecule has 68 heavy (non-hydrogen) atoms. The quantitative estimate of drug-likeness (QED) is 0.0261. The Kier molecular flexibility index (Phi) is 43.5. The van der Waals surface area contributed by atoms with Crippen LogP contribution in [0.1, 0.15) is 187 Å². The van der Waals surface area contributed by atoms with Crippen molar-refractivity contribution in [1.29, 1.82) is 0 Å². The summed E-state index contributed by atoms with van der Waals surface area (Å²) in [6, 6.07) is -0.823. The van der Waals surface area contributed by atoms with Gasteiger partial charge in [0, 0.05) is 6.42 Å². The molecule has 386 valence electrons. The van der Waals surface area contributed by atoms with E-state index in [9.17, 15) is 30.3 Å². The molecule has 1 saturated heterocycles. The average molecular weight is 948 g/mol.